The van der Waals surface area contributed by atoms with Gasteiger partial charge in [0.1, 0.15) is 0 Å². The van der Waals surface area contributed by atoms with E-state index in [0.29, 0.717) is 17.7 Å². The molecule has 0 spiro atoms. The van der Waals surface area contributed by atoms with Gasteiger partial charge in [0, 0.05) is 18.6 Å². The zero-order valence-electron chi connectivity index (χ0n) is 19.8. The van der Waals surface area contributed by atoms with Crippen LogP contribution in [0.4, 0.5) is 0 Å². The number of hydrogen-bond acceptors (Lipinski definition) is 5. The van der Waals surface area contributed by atoms with Crippen molar-refractivity contribution in [3.63, 3.8) is 0 Å². The molecule has 8 heteroatoms. The summed E-state index contributed by atoms with van der Waals surface area (Å²) in [6.45, 7) is 13.5. The highest BCUT2D eigenvalue weighted by Crippen LogP contribution is 2.31. The second-order valence-electron chi connectivity index (χ2n) is 9.16. The van der Waals surface area contributed by atoms with Crippen LogP contribution < -0.4 is 5.32 Å². The maximum absolute atomic E-state index is 13.3. The van der Waals surface area contributed by atoms with Crippen LogP contribution in [0.3, 0.4) is 0 Å². The summed E-state index contributed by atoms with van der Waals surface area (Å²) in [7, 11) is -3.65. The summed E-state index contributed by atoms with van der Waals surface area (Å²) in [4.78, 5) is 24.8. The summed E-state index contributed by atoms with van der Waals surface area (Å²) >= 11 is 0. The van der Waals surface area contributed by atoms with Gasteiger partial charge in [-0.3, -0.25) is 9.59 Å². The highest BCUT2D eigenvalue weighted by Gasteiger charge is 2.35. The van der Waals surface area contributed by atoms with Crippen LogP contribution in [0.1, 0.15) is 62.3 Å². The molecule has 1 amide bonds. The summed E-state index contributed by atoms with van der Waals surface area (Å²) < 4.78 is 33.3. The largest absolute Gasteiger partial charge is 0.455 e. The van der Waals surface area contributed by atoms with E-state index in [2.05, 4.69) is 5.32 Å². The third-order valence-corrected chi connectivity index (χ3v) is 8.56. The lowest BCUT2D eigenvalue weighted by molar-refractivity contribution is -0.154. The fourth-order valence-corrected chi connectivity index (χ4v) is 5.83. The van der Waals surface area contributed by atoms with Crippen LogP contribution in [-0.2, 0) is 24.3 Å². The zero-order valence-corrected chi connectivity index (χ0v) is 20.6. The molecule has 1 aliphatic rings. The van der Waals surface area contributed by atoms with E-state index < -0.39 is 21.9 Å². The van der Waals surface area contributed by atoms with Crippen LogP contribution in [0, 0.1) is 33.6 Å². The van der Waals surface area contributed by atoms with Crippen molar-refractivity contribution in [2.45, 2.75) is 78.2 Å². The van der Waals surface area contributed by atoms with Gasteiger partial charge in [-0.2, -0.15) is 4.31 Å². The van der Waals surface area contributed by atoms with Crippen molar-refractivity contribution in [2.24, 2.45) is 5.92 Å². The molecule has 1 aromatic rings. The number of sulfonamides is 1. The lowest BCUT2D eigenvalue weighted by Gasteiger charge is -2.31. The number of benzene rings is 1. The molecular weight excluding hydrogens is 416 g/mol. The number of nitrogens with one attached hydrogen (secondary N) is 1. The maximum Gasteiger partial charge on any atom is 0.309 e. The molecule has 1 saturated heterocycles. The van der Waals surface area contributed by atoms with Gasteiger partial charge in [0.05, 0.1) is 10.8 Å². The number of aryl methyl sites for hydroxylation is 2. The average molecular weight is 453 g/mol. The number of nitrogens with zero attached hydrogens (tertiary/aromatic N) is 1. The molecule has 1 N–H and O–H groups in total. The Morgan fingerprint density at radius 3 is 2.10 bits per heavy atom. The van der Waals surface area contributed by atoms with E-state index in [0.717, 1.165) is 28.7 Å². The second kappa shape index (κ2) is 9.69. The minimum atomic E-state index is -3.65. The first-order valence-electron chi connectivity index (χ1n) is 10.9. The van der Waals surface area contributed by atoms with Gasteiger partial charge in [-0.25, -0.2) is 8.42 Å². The number of amides is 1. The quantitative estimate of drug-likeness (QED) is 0.642. The minimum absolute atomic E-state index is 0.253. The van der Waals surface area contributed by atoms with Gasteiger partial charge in [0.25, 0.3) is 5.91 Å². The number of piperidine rings is 1. The van der Waals surface area contributed by atoms with Crippen LogP contribution in [-0.4, -0.2) is 49.8 Å². The summed E-state index contributed by atoms with van der Waals surface area (Å²) in [5.74, 6) is -1.18. The number of rotatable bonds is 7. The SMILES string of the molecule is CCC(C)(C)NC(=O)COC(=O)C1CCN(S(=O)(=O)c2c(C)c(C)cc(C)c2C)CC1. The van der Waals surface area contributed by atoms with Gasteiger partial charge in [-0.1, -0.05) is 13.0 Å². The molecule has 31 heavy (non-hydrogen) atoms. The monoisotopic (exact) mass is 452 g/mol. The predicted molar refractivity (Wildman–Crippen MR) is 120 cm³/mol. The number of carbonyl (C=O) groups is 2. The molecular formula is C23H36N2O5S. The van der Waals surface area contributed by atoms with Crippen molar-refractivity contribution in [3.8, 4) is 0 Å². The molecule has 0 saturated carbocycles. The van der Waals surface area contributed by atoms with Gasteiger partial charge in [0.15, 0.2) is 6.61 Å². The van der Waals surface area contributed by atoms with Crippen LogP contribution >= 0.6 is 0 Å². The average Bonchev–Trinajstić information content (AvgIpc) is 2.70. The summed E-state index contributed by atoms with van der Waals surface area (Å²) in [6, 6.07) is 2.00. The van der Waals surface area contributed by atoms with E-state index >= 15 is 0 Å². The minimum Gasteiger partial charge on any atom is -0.455 e. The van der Waals surface area contributed by atoms with Crippen LogP contribution in [0.25, 0.3) is 0 Å². The number of ether oxygens (including phenoxy) is 1. The van der Waals surface area contributed by atoms with Gasteiger partial charge >= 0.3 is 5.97 Å². The molecule has 1 aliphatic heterocycles. The Kier molecular flexibility index (Phi) is 7.92. The Labute approximate surface area is 186 Å². The highest BCUT2D eigenvalue weighted by atomic mass is 32.2. The van der Waals surface area contributed by atoms with Gasteiger partial charge in [0.2, 0.25) is 10.0 Å². The van der Waals surface area contributed by atoms with E-state index in [1.807, 2.05) is 54.5 Å². The molecule has 1 heterocycles. The lowest BCUT2D eigenvalue weighted by atomic mass is 9.98. The van der Waals surface area contributed by atoms with Crippen LogP contribution in [0.5, 0.6) is 0 Å². The van der Waals surface area contributed by atoms with Gasteiger partial charge in [-0.15, -0.1) is 0 Å². The fraction of sp³-hybridized carbons (Fsp3) is 0.652. The lowest BCUT2D eigenvalue weighted by Crippen LogP contribution is -2.45. The molecule has 0 unspecified atom stereocenters. The third kappa shape index (κ3) is 5.86. The number of carbonyl (C=O) groups excluding carboxylic acids is 2. The van der Waals surface area contributed by atoms with Crippen LogP contribution in [0.2, 0.25) is 0 Å². The molecule has 1 aromatic carbocycles. The van der Waals surface area contributed by atoms with E-state index in [1.165, 1.54) is 4.31 Å². The molecule has 0 aliphatic carbocycles. The molecule has 0 bridgehead atoms. The molecule has 7 nitrogen and oxygen atoms in total. The van der Waals surface area contributed by atoms with Crippen LogP contribution in [0.15, 0.2) is 11.0 Å². The molecule has 1 fully saturated rings. The van der Waals surface area contributed by atoms with Crippen molar-refractivity contribution >= 4 is 21.9 Å². The second-order valence-corrected chi connectivity index (χ2v) is 11.0. The predicted octanol–water partition coefficient (Wildman–Crippen LogP) is 3.17. The third-order valence-electron chi connectivity index (χ3n) is 6.39. The van der Waals surface area contributed by atoms with E-state index in [1.54, 1.807) is 0 Å². The first-order chi connectivity index (χ1) is 14.3. The summed E-state index contributed by atoms with van der Waals surface area (Å²) in [5, 5.41) is 2.83. The van der Waals surface area contributed by atoms with Crippen molar-refractivity contribution in [1.29, 1.82) is 0 Å². The highest BCUT2D eigenvalue weighted by molar-refractivity contribution is 7.89. The van der Waals surface area contributed by atoms with Crippen molar-refractivity contribution in [2.75, 3.05) is 19.7 Å². The Balaban J connectivity index is 2.00. The zero-order chi connectivity index (χ0) is 23.6. The Morgan fingerprint density at radius 2 is 1.61 bits per heavy atom. The molecule has 0 aromatic heterocycles. The Bertz CT molecular complexity index is 919. The standard InChI is InChI=1S/C23H36N2O5S/c1-8-23(6,7)24-20(26)14-30-22(27)19-9-11-25(12-10-19)31(28,29)21-17(4)15(2)13-16(3)18(21)5/h13,19H,8-12,14H2,1-7H3,(H,24,26). The molecule has 174 valence electrons. The fourth-order valence-electron chi connectivity index (χ4n) is 3.78. The van der Waals surface area contributed by atoms with E-state index in [9.17, 15) is 18.0 Å². The summed E-state index contributed by atoms with van der Waals surface area (Å²) in [6.07, 6.45) is 1.52. The smallest absolute Gasteiger partial charge is 0.309 e. The first-order valence-corrected chi connectivity index (χ1v) is 12.3. The van der Waals surface area contributed by atoms with Crippen molar-refractivity contribution < 1.29 is 22.7 Å². The molecule has 0 atom stereocenters. The number of esters is 1. The number of hydrogen-bond donors (Lipinski definition) is 1. The Morgan fingerprint density at radius 1 is 1.10 bits per heavy atom. The Hall–Kier alpha value is -1.93. The molecule has 2 rings (SSSR count). The first kappa shape index (κ1) is 25.3. The van der Waals surface area contributed by atoms with Gasteiger partial charge in [-0.05, 0) is 83.1 Å². The van der Waals surface area contributed by atoms with Crippen molar-refractivity contribution in [1.82, 2.24) is 9.62 Å². The summed E-state index contributed by atoms with van der Waals surface area (Å²) in [5.41, 5.74) is 3.08. The normalized spacial score (nSPS) is 16.2. The van der Waals surface area contributed by atoms with E-state index in [-0.39, 0.29) is 31.1 Å². The van der Waals surface area contributed by atoms with E-state index in [4.69, 9.17) is 4.74 Å². The van der Waals surface area contributed by atoms with Crippen molar-refractivity contribution in [3.05, 3.63) is 28.3 Å². The topological polar surface area (TPSA) is 92.8 Å². The van der Waals surface area contributed by atoms with Gasteiger partial charge < -0.3 is 10.1 Å². The molecule has 0 radical (unpaired) electrons. The maximum atomic E-state index is 13.3.